The fourth-order valence-electron chi connectivity index (χ4n) is 5.35. The number of hydrogen-bond acceptors (Lipinski definition) is 8. The summed E-state index contributed by atoms with van der Waals surface area (Å²) in [7, 11) is 4.17. The minimum absolute atomic E-state index is 0.0287. The summed E-state index contributed by atoms with van der Waals surface area (Å²) in [6.07, 6.45) is 4.83. The maximum atomic E-state index is 12.9. The SMILES string of the molecule is CCCCc1nc(-c2ccc(NC(=O)Nc3ccc(C(=O)N4CCC(N(C)C)CC4)cc3)cc2)nc(N2CCOCC2)n1. The monoisotopic (exact) mass is 586 g/mol. The number of anilines is 3. The summed E-state index contributed by atoms with van der Waals surface area (Å²) in [5, 5.41) is 5.71. The Balaban J connectivity index is 1.18. The number of aromatic nitrogens is 3. The van der Waals surface area contributed by atoms with Gasteiger partial charge >= 0.3 is 6.03 Å². The van der Waals surface area contributed by atoms with Gasteiger partial charge in [0.15, 0.2) is 5.82 Å². The molecule has 0 unspecified atom stereocenters. The lowest BCUT2D eigenvalue weighted by Gasteiger charge is -2.35. The van der Waals surface area contributed by atoms with E-state index in [1.165, 1.54) is 0 Å². The molecule has 5 rings (SSSR count). The van der Waals surface area contributed by atoms with Crippen molar-refractivity contribution >= 4 is 29.3 Å². The largest absolute Gasteiger partial charge is 0.378 e. The zero-order chi connectivity index (χ0) is 30.2. The Morgan fingerprint density at radius 3 is 2.12 bits per heavy atom. The fraction of sp³-hybridized carbons (Fsp3) is 0.469. The first kappa shape index (κ1) is 30.4. The van der Waals surface area contributed by atoms with Crippen LogP contribution in [0, 0.1) is 0 Å². The molecule has 2 fully saturated rings. The van der Waals surface area contributed by atoms with Gasteiger partial charge in [0.05, 0.1) is 13.2 Å². The van der Waals surface area contributed by atoms with Crippen molar-refractivity contribution in [1.29, 1.82) is 0 Å². The number of benzene rings is 2. The molecule has 0 radical (unpaired) electrons. The van der Waals surface area contributed by atoms with E-state index < -0.39 is 0 Å². The van der Waals surface area contributed by atoms with E-state index in [0.717, 1.165) is 69.7 Å². The van der Waals surface area contributed by atoms with E-state index in [-0.39, 0.29) is 11.9 Å². The van der Waals surface area contributed by atoms with Crippen LogP contribution in [0.3, 0.4) is 0 Å². The minimum Gasteiger partial charge on any atom is -0.378 e. The van der Waals surface area contributed by atoms with E-state index in [1.807, 2.05) is 29.2 Å². The number of unbranched alkanes of at least 4 members (excludes halogenated alkanes) is 1. The van der Waals surface area contributed by atoms with Crippen LogP contribution in [0.4, 0.5) is 22.1 Å². The Kier molecular flexibility index (Phi) is 10.2. The van der Waals surface area contributed by atoms with Crippen LogP contribution in [0.5, 0.6) is 0 Å². The zero-order valence-electron chi connectivity index (χ0n) is 25.4. The molecule has 3 heterocycles. The molecule has 0 bridgehead atoms. The number of morpholine rings is 1. The number of likely N-dealkylation sites (tertiary alicyclic amines) is 1. The Hall–Kier alpha value is -4.09. The summed E-state index contributed by atoms with van der Waals surface area (Å²) >= 11 is 0. The van der Waals surface area contributed by atoms with Gasteiger partial charge in [0, 0.05) is 61.1 Å². The van der Waals surface area contributed by atoms with Crippen molar-refractivity contribution in [1.82, 2.24) is 24.8 Å². The summed E-state index contributed by atoms with van der Waals surface area (Å²) in [5.41, 5.74) is 2.73. The Bertz CT molecular complexity index is 1370. The molecule has 0 atom stereocenters. The Morgan fingerprint density at radius 2 is 1.51 bits per heavy atom. The van der Waals surface area contributed by atoms with Gasteiger partial charge in [0.25, 0.3) is 5.91 Å². The molecule has 2 aliphatic heterocycles. The minimum atomic E-state index is -0.366. The molecule has 43 heavy (non-hydrogen) atoms. The average molecular weight is 587 g/mol. The standard InChI is InChI=1S/C32H42N8O3/c1-4-5-6-28-35-29(37-31(36-28)40-19-21-43-22-20-40)23-7-11-25(12-8-23)33-32(42)34-26-13-9-24(10-14-26)30(41)39-17-15-27(16-18-39)38(2)3/h7-14,27H,4-6,15-22H2,1-3H3,(H2,33,34,42). The van der Waals surface area contributed by atoms with Gasteiger partial charge in [-0.2, -0.15) is 9.97 Å². The normalized spacial score (nSPS) is 15.9. The first-order valence-corrected chi connectivity index (χ1v) is 15.2. The van der Waals surface area contributed by atoms with Crippen LogP contribution in [0.2, 0.25) is 0 Å². The number of carbonyl (C=O) groups is 2. The number of amides is 3. The van der Waals surface area contributed by atoms with Gasteiger partial charge in [0.1, 0.15) is 5.82 Å². The maximum absolute atomic E-state index is 12.9. The number of piperidine rings is 1. The highest BCUT2D eigenvalue weighted by molar-refractivity contribution is 6.00. The number of urea groups is 1. The highest BCUT2D eigenvalue weighted by Gasteiger charge is 2.24. The number of hydrogen-bond donors (Lipinski definition) is 2. The molecule has 2 aliphatic rings. The second-order valence-corrected chi connectivity index (χ2v) is 11.3. The predicted molar refractivity (Wildman–Crippen MR) is 169 cm³/mol. The molecule has 0 aliphatic carbocycles. The Morgan fingerprint density at radius 1 is 0.884 bits per heavy atom. The molecule has 2 N–H and O–H groups in total. The van der Waals surface area contributed by atoms with Crippen LogP contribution in [0.1, 0.15) is 48.8 Å². The van der Waals surface area contributed by atoms with Crippen LogP contribution in [-0.2, 0) is 11.2 Å². The maximum Gasteiger partial charge on any atom is 0.323 e. The number of nitrogens with one attached hydrogen (secondary N) is 2. The van der Waals surface area contributed by atoms with Gasteiger partial charge in [-0.15, -0.1) is 0 Å². The highest BCUT2D eigenvalue weighted by Crippen LogP contribution is 2.22. The number of aryl methyl sites for hydroxylation is 1. The highest BCUT2D eigenvalue weighted by atomic mass is 16.5. The van der Waals surface area contributed by atoms with Gasteiger partial charge in [0.2, 0.25) is 5.95 Å². The first-order chi connectivity index (χ1) is 20.9. The van der Waals surface area contributed by atoms with E-state index in [0.29, 0.717) is 48.0 Å². The van der Waals surface area contributed by atoms with Crippen LogP contribution in [0.25, 0.3) is 11.4 Å². The van der Waals surface area contributed by atoms with E-state index in [2.05, 4.69) is 41.5 Å². The van der Waals surface area contributed by atoms with Gasteiger partial charge in [-0.25, -0.2) is 9.78 Å². The first-order valence-electron chi connectivity index (χ1n) is 15.2. The van der Waals surface area contributed by atoms with Crippen molar-refractivity contribution in [2.24, 2.45) is 0 Å². The molecular formula is C32H42N8O3. The second-order valence-electron chi connectivity index (χ2n) is 11.3. The van der Waals surface area contributed by atoms with E-state index in [1.54, 1.807) is 24.3 Å². The van der Waals surface area contributed by atoms with Gasteiger partial charge in [-0.1, -0.05) is 13.3 Å². The molecule has 2 saturated heterocycles. The summed E-state index contributed by atoms with van der Waals surface area (Å²) in [6.45, 7) is 6.49. The number of rotatable bonds is 9. The van der Waals surface area contributed by atoms with Gasteiger partial charge in [-0.05, 0) is 81.9 Å². The van der Waals surface area contributed by atoms with Crippen molar-refractivity contribution in [2.45, 2.75) is 45.1 Å². The fourth-order valence-corrected chi connectivity index (χ4v) is 5.35. The van der Waals surface area contributed by atoms with Crippen molar-refractivity contribution < 1.29 is 14.3 Å². The van der Waals surface area contributed by atoms with E-state index >= 15 is 0 Å². The van der Waals surface area contributed by atoms with Crippen LogP contribution in [-0.4, -0.2) is 96.2 Å². The third-order valence-corrected chi connectivity index (χ3v) is 7.99. The van der Waals surface area contributed by atoms with Gasteiger partial charge < -0.3 is 30.1 Å². The third-order valence-electron chi connectivity index (χ3n) is 7.99. The molecule has 11 heteroatoms. The molecule has 1 aromatic heterocycles. The number of nitrogens with zero attached hydrogens (tertiary/aromatic N) is 6. The van der Waals surface area contributed by atoms with Crippen molar-refractivity contribution in [3.05, 3.63) is 59.9 Å². The van der Waals surface area contributed by atoms with E-state index in [4.69, 9.17) is 19.7 Å². The zero-order valence-corrected chi connectivity index (χ0v) is 25.4. The predicted octanol–water partition coefficient (Wildman–Crippen LogP) is 4.53. The summed E-state index contributed by atoms with van der Waals surface area (Å²) in [5.74, 6) is 2.12. The van der Waals surface area contributed by atoms with Crippen molar-refractivity contribution in [2.75, 3.05) is 69.0 Å². The topological polar surface area (TPSA) is 116 Å². The molecule has 228 valence electrons. The lowest BCUT2D eigenvalue weighted by atomic mass is 10.0. The molecule has 3 amide bonds. The van der Waals surface area contributed by atoms with Crippen LogP contribution >= 0.6 is 0 Å². The molecule has 3 aromatic rings. The summed E-state index contributed by atoms with van der Waals surface area (Å²) in [6, 6.07) is 14.7. The van der Waals surface area contributed by atoms with Crippen molar-refractivity contribution in [3.8, 4) is 11.4 Å². The quantitative estimate of drug-likeness (QED) is 0.376. The summed E-state index contributed by atoms with van der Waals surface area (Å²) < 4.78 is 5.49. The summed E-state index contributed by atoms with van der Waals surface area (Å²) in [4.78, 5) is 46.1. The molecule has 11 nitrogen and oxygen atoms in total. The van der Waals surface area contributed by atoms with Gasteiger partial charge in [-0.3, -0.25) is 4.79 Å². The molecular weight excluding hydrogens is 544 g/mol. The molecule has 0 spiro atoms. The molecule has 0 saturated carbocycles. The average Bonchev–Trinajstić information content (AvgIpc) is 3.04. The van der Waals surface area contributed by atoms with Crippen LogP contribution in [0.15, 0.2) is 48.5 Å². The van der Waals surface area contributed by atoms with Crippen molar-refractivity contribution in [3.63, 3.8) is 0 Å². The number of ether oxygens (including phenoxy) is 1. The lowest BCUT2D eigenvalue weighted by molar-refractivity contribution is 0.0663. The lowest BCUT2D eigenvalue weighted by Crippen LogP contribution is -2.44. The van der Waals surface area contributed by atoms with E-state index in [9.17, 15) is 9.59 Å². The smallest absolute Gasteiger partial charge is 0.323 e. The number of carbonyl (C=O) groups excluding carboxylic acids is 2. The van der Waals surface area contributed by atoms with Crippen LogP contribution < -0.4 is 15.5 Å². The Labute approximate surface area is 253 Å². The second kappa shape index (κ2) is 14.4. The third kappa shape index (κ3) is 8.05. The molecule has 2 aromatic carbocycles.